The van der Waals surface area contributed by atoms with Gasteiger partial charge in [0.15, 0.2) is 0 Å². The van der Waals surface area contributed by atoms with Crippen molar-refractivity contribution in [1.82, 2.24) is 10.1 Å². The Kier molecular flexibility index (Phi) is 7.70. The van der Waals surface area contributed by atoms with E-state index < -0.39 is 35.6 Å². The van der Waals surface area contributed by atoms with Gasteiger partial charge in [-0.3, -0.25) is 19.2 Å². The highest BCUT2D eigenvalue weighted by molar-refractivity contribution is 6.02. The molecule has 0 saturated carbocycles. The molecule has 0 atom stereocenters. The van der Waals surface area contributed by atoms with Crippen LogP contribution in [0.15, 0.2) is 0 Å². The molecule has 1 N–H and O–H groups in total. The summed E-state index contributed by atoms with van der Waals surface area (Å²) in [7, 11) is 0. The van der Waals surface area contributed by atoms with Crippen LogP contribution in [0, 0.1) is 5.53 Å². The van der Waals surface area contributed by atoms with E-state index in [1.54, 1.807) is 4.91 Å². The first-order chi connectivity index (χ1) is 12.3. The average Bonchev–Trinajstić information content (AvgIpc) is 3.06. The number of amides is 4. The number of imide groups is 2. The zero-order valence-electron chi connectivity index (χ0n) is 13.5. The second-order valence-electron chi connectivity index (χ2n) is 5.04. The second kappa shape index (κ2) is 9.74. The molecule has 0 aromatic rings. The number of hydrogen-bond donors (Lipinski definition) is 1. The Morgan fingerprint density at radius 2 is 1.12 bits per heavy atom. The lowest BCUT2D eigenvalue weighted by Crippen LogP contribution is -2.32. The summed E-state index contributed by atoms with van der Waals surface area (Å²) in [6, 6.07) is 0. The third-order valence-electron chi connectivity index (χ3n) is 3.16. The summed E-state index contributed by atoms with van der Waals surface area (Å²) in [4.78, 5) is 78.9. The molecule has 2 saturated heterocycles. The molecule has 2 fully saturated rings. The number of nitrogens with zero attached hydrogens (tertiary/aromatic N) is 4. The summed E-state index contributed by atoms with van der Waals surface area (Å²) in [5.74, 6) is -4.03. The van der Waals surface area contributed by atoms with Crippen LogP contribution in [-0.2, 0) is 38.4 Å². The van der Waals surface area contributed by atoms with Gasteiger partial charge in [-0.25, -0.2) is 9.59 Å². The van der Waals surface area contributed by atoms with E-state index in [1.807, 2.05) is 0 Å². The summed E-state index contributed by atoms with van der Waals surface area (Å²) in [5, 5.41) is 0.838. The van der Waals surface area contributed by atoms with Crippen LogP contribution >= 0.6 is 0 Å². The highest BCUT2D eigenvalue weighted by Crippen LogP contribution is 2.15. The van der Waals surface area contributed by atoms with Gasteiger partial charge in [-0.15, -0.1) is 15.7 Å². The zero-order valence-corrected chi connectivity index (χ0v) is 13.5. The number of hydroxylamine groups is 4. The van der Waals surface area contributed by atoms with Crippen LogP contribution in [0.4, 0.5) is 0 Å². The highest BCUT2D eigenvalue weighted by Gasteiger charge is 2.34. The van der Waals surface area contributed by atoms with E-state index in [-0.39, 0.29) is 44.9 Å². The third-order valence-corrected chi connectivity index (χ3v) is 3.16. The first-order valence-corrected chi connectivity index (χ1v) is 7.44. The Morgan fingerprint density at radius 1 is 0.846 bits per heavy atom. The van der Waals surface area contributed by atoms with E-state index in [2.05, 4.69) is 9.68 Å². The van der Waals surface area contributed by atoms with E-state index in [1.165, 1.54) is 0 Å². The lowest BCUT2D eigenvalue weighted by Gasteiger charge is -2.13. The van der Waals surface area contributed by atoms with Crippen molar-refractivity contribution >= 4 is 35.6 Å². The molecule has 140 valence electrons. The summed E-state index contributed by atoms with van der Waals surface area (Å²) in [6.45, 7) is 0. The lowest BCUT2D eigenvalue weighted by molar-refractivity contribution is -0.199. The predicted molar refractivity (Wildman–Crippen MR) is 77.6 cm³/mol. The molecule has 0 spiro atoms. The summed E-state index contributed by atoms with van der Waals surface area (Å²) >= 11 is 0. The molecule has 0 aliphatic carbocycles. The maximum Gasteiger partial charge on any atom is 0.333 e. The van der Waals surface area contributed by atoms with Crippen molar-refractivity contribution in [3.05, 3.63) is 10.4 Å². The Hall–Kier alpha value is -3.47. The molecule has 26 heavy (non-hydrogen) atoms. The minimum atomic E-state index is -0.838. The van der Waals surface area contributed by atoms with Crippen LogP contribution in [0.5, 0.6) is 0 Å². The van der Waals surface area contributed by atoms with Crippen molar-refractivity contribution < 1.29 is 38.4 Å². The maximum atomic E-state index is 11.5. The topological polar surface area (TPSA) is 188 Å². The van der Waals surface area contributed by atoms with Crippen LogP contribution in [-0.4, -0.2) is 45.7 Å². The van der Waals surface area contributed by atoms with Crippen LogP contribution < -0.4 is 0 Å². The lowest BCUT2D eigenvalue weighted by atomic mass is 10.2. The maximum absolute atomic E-state index is 11.5. The largest absolute Gasteiger partial charge is 0.333 e. The fourth-order valence-corrected chi connectivity index (χ4v) is 1.99. The van der Waals surface area contributed by atoms with Gasteiger partial charge in [0.2, 0.25) is 0 Å². The zero-order chi connectivity index (χ0) is 19.7. The first kappa shape index (κ1) is 20.6. The predicted octanol–water partition coefficient (Wildman–Crippen LogP) is 0.247. The number of carbonyl (C=O) groups is 6. The van der Waals surface area contributed by atoms with Gasteiger partial charge in [0.1, 0.15) is 0 Å². The Bertz CT molecular complexity index is 587. The average molecular weight is 369 g/mol. The molecule has 2 aliphatic heterocycles. The molecule has 13 heteroatoms. The molecular formula is C13H15N5O8. The molecule has 2 heterocycles. The molecule has 2 rings (SSSR count). The molecule has 0 aromatic heterocycles. The van der Waals surface area contributed by atoms with E-state index >= 15 is 0 Å². The Morgan fingerprint density at radius 3 is 1.38 bits per heavy atom. The molecule has 2 aliphatic rings. The van der Waals surface area contributed by atoms with Crippen molar-refractivity contribution in [3.63, 3.8) is 0 Å². The molecule has 0 unspecified atom stereocenters. The smallest absolute Gasteiger partial charge is 0.330 e. The van der Waals surface area contributed by atoms with Gasteiger partial charge < -0.3 is 9.68 Å². The third kappa shape index (κ3) is 5.87. The fourth-order valence-electron chi connectivity index (χ4n) is 1.99. The minimum Gasteiger partial charge on any atom is -0.330 e. The molecular weight excluding hydrogens is 354 g/mol. The number of carbonyl (C=O) groups excluding carboxylic acids is 6. The van der Waals surface area contributed by atoms with Crippen molar-refractivity contribution in [3.8, 4) is 0 Å². The van der Waals surface area contributed by atoms with Crippen LogP contribution in [0.2, 0.25) is 0 Å². The highest BCUT2D eigenvalue weighted by atomic mass is 16.7. The van der Waals surface area contributed by atoms with Gasteiger partial charge in [-0.2, -0.15) is 0 Å². The standard InChI is InChI=1S/C13H14N2O8.HN3/c16-8-4-5-9(17)14(8)22-12(20)2-1-3-13(21)23-15-10(18)6-7-11(15)19;1-3-2/h1-7H2;1H. The summed E-state index contributed by atoms with van der Waals surface area (Å²) < 4.78 is 0. The normalized spacial score (nSPS) is 16.2. The van der Waals surface area contributed by atoms with E-state index in [9.17, 15) is 28.8 Å². The molecule has 4 amide bonds. The fraction of sp³-hybridized carbons (Fsp3) is 0.538. The van der Waals surface area contributed by atoms with Gasteiger partial charge in [0, 0.05) is 38.5 Å². The monoisotopic (exact) mass is 369 g/mol. The number of rotatable bonds is 6. The van der Waals surface area contributed by atoms with E-state index in [0.717, 1.165) is 0 Å². The second-order valence-corrected chi connectivity index (χ2v) is 5.04. The van der Waals surface area contributed by atoms with Crippen molar-refractivity contribution in [2.75, 3.05) is 0 Å². The van der Waals surface area contributed by atoms with Crippen LogP contribution in [0.3, 0.4) is 0 Å². The quantitative estimate of drug-likeness (QED) is 0.298. The minimum absolute atomic E-state index is 0.00364. The van der Waals surface area contributed by atoms with Gasteiger partial charge >= 0.3 is 11.9 Å². The van der Waals surface area contributed by atoms with Gasteiger partial charge in [-0.05, 0) is 16.9 Å². The molecule has 0 aromatic carbocycles. The molecule has 0 radical (unpaired) electrons. The summed E-state index contributed by atoms with van der Waals surface area (Å²) in [5.41, 5.74) is 12.2. The van der Waals surface area contributed by atoms with E-state index in [0.29, 0.717) is 10.1 Å². The Balaban J connectivity index is 0.00000105. The molecule has 13 nitrogen and oxygen atoms in total. The summed E-state index contributed by atoms with van der Waals surface area (Å²) in [6.07, 6.45) is -0.453. The number of hydrogen-bond acceptors (Lipinski definition) is 9. The van der Waals surface area contributed by atoms with Crippen molar-refractivity contribution in [2.24, 2.45) is 0 Å². The number of nitrogens with one attached hydrogen (secondary N) is 1. The van der Waals surface area contributed by atoms with Crippen LogP contribution in [0.1, 0.15) is 44.9 Å². The molecule has 0 bridgehead atoms. The van der Waals surface area contributed by atoms with Crippen molar-refractivity contribution in [1.29, 1.82) is 5.53 Å². The SMILES string of the molecule is O=C(CCCC(=O)ON1C(=O)CCC1=O)ON1C(=O)CCC1=O.[N-]=[N+]=N. The van der Waals surface area contributed by atoms with Gasteiger partial charge in [0.25, 0.3) is 23.6 Å². The first-order valence-electron chi connectivity index (χ1n) is 7.44. The van der Waals surface area contributed by atoms with Gasteiger partial charge in [0.05, 0.1) is 0 Å². The van der Waals surface area contributed by atoms with Crippen LogP contribution in [0.25, 0.3) is 10.4 Å². The van der Waals surface area contributed by atoms with Gasteiger partial charge in [-0.1, -0.05) is 0 Å². The van der Waals surface area contributed by atoms with E-state index in [4.69, 9.17) is 11.1 Å². The Labute approximate surface area is 146 Å². The van der Waals surface area contributed by atoms with Crippen molar-refractivity contribution in [2.45, 2.75) is 44.9 Å².